The van der Waals surface area contributed by atoms with Crippen LogP contribution in [0, 0.1) is 5.82 Å². The number of fused-ring (bicyclic) bond motifs is 3. The number of hydrogen-bond donors (Lipinski definition) is 1. The highest BCUT2D eigenvalue weighted by molar-refractivity contribution is 9.10. The van der Waals surface area contributed by atoms with E-state index in [2.05, 4.69) is 75.7 Å². The SMILES string of the molecule is CC(C)(C)c1cc(-c2c3ccc(F)cc3n3cc(Br)ccc23)cc(C(C)(C)C)c1O. The van der Waals surface area contributed by atoms with Crippen molar-refractivity contribution in [2.45, 2.75) is 52.4 Å². The van der Waals surface area contributed by atoms with Gasteiger partial charge in [-0.1, -0.05) is 41.5 Å². The maximum atomic E-state index is 14.1. The van der Waals surface area contributed by atoms with Gasteiger partial charge in [-0.15, -0.1) is 0 Å². The number of nitrogens with zero attached hydrogens (tertiary/aromatic N) is 1. The van der Waals surface area contributed by atoms with Crippen molar-refractivity contribution >= 4 is 32.3 Å². The summed E-state index contributed by atoms with van der Waals surface area (Å²) in [6.45, 7) is 12.7. The van der Waals surface area contributed by atoms with Gasteiger partial charge in [0.1, 0.15) is 11.6 Å². The Hall–Kier alpha value is -2.33. The highest BCUT2D eigenvalue weighted by atomic mass is 79.9. The van der Waals surface area contributed by atoms with Gasteiger partial charge in [-0.2, -0.15) is 0 Å². The molecule has 0 saturated carbocycles. The van der Waals surface area contributed by atoms with Crippen LogP contribution in [-0.2, 0) is 10.8 Å². The van der Waals surface area contributed by atoms with Crippen LogP contribution < -0.4 is 0 Å². The van der Waals surface area contributed by atoms with Gasteiger partial charge < -0.3 is 9.51 Å². The number of aromatic nitrogens is 1. The molecule has 0 unspecified atom stereocenters. The standard InChI is InChI=1S/C26H27BrFNO/c1-25(2,3)19-11-15(12-20(24(19)30)26(4,5)6)23-18-9-8-17(28)13-22(18)29-14-16(27)7-10-21(23)29/h7-14,30H,1-6H3. The van der Waals surface area contributed by atoms with E-state index in [4.69, 9.17) is 0 Å². The molecule has 2 nitrogen and oxygen atoms in total. The molecule has 0 spiro atoms. The Morgan fingerprint density at radius 1 is 0.833 bits per heavy atom. The lowest BCUT2D eigenvalue weighted by Gasteiger charge is -2.28. The van der Waals surface area contributed by atoms with Crippen molar-refractivity contribution < 1.29 is 9.50 Å². The first-order chi connectivity index (χ1) is 13.9. The van der Waals surface area contributed by atoms with E-state index in [1.807, 2.05) is 22.7 Å². The maximum Gasteiger partial charge on any atom is 0.125 e. The molecule has 156 valence electrons. The van der Waals surface area contributed by atoms with Gasteiger partial charge in [0, 0.05) is 32.7 Å². The molecule has 30 heavy (non-hydrogen) atoms. The minimum Gasteiger partial charge on any atom is -0.507 e. The van der Waals surface area contributed by atoms with Crippen molar-refractivity contribution in [3.8, 4) is 16.9 Å². The fourth-order valence-corrected chi connectivity index (χ4v) is 4.49. The van der Waals surface area contributed by atoms with Crippen molar-refractivity contribution in [1.82, 2.24) is 4.40 Å². The summed E-state index contributed by atoms with van der Waals surface area (Å²) in [4.78, 5) is 0. The molecule has 0 radical (unpaired) electrons. The van der Waals surface area contributed by atoms with E-state index >= 15 is 0 Å². The number of halogens is 2. The van der Waals surface area contributed by atoms with Crippen LogP contribution >= 0.6 is 15.9 Å². The maximum absolute atomic E-state index is 14.1. The number of rotatable bonds is 1. The van der Waals surface area contributed by atoms with Crippen molar-refractivity contribution in [3.05, 3.63) is 70.1 Å². The first-order valence-electron chi connectivity index (χ1n) is 10.1. The number of hydrogen-bond acceptors (Lipinski definition) is 1. The quantitative estimate of drug-likeness (QED) is 0.301. The van der Waals surface area contributed by atoms with Crippen LogP contribution in [0.2, 0.25) is 0 Å². The van der Waals surface area contributed by atoms with Crippen LogP contribution in [0.5, 0.6) is 5.75 Å². The molecule has 0 bridgehead atoms. The van der Waals surface area contributed by atoms with Crippen molar-refractivity contribution in [2.75, 3.05) is 0 Å². The van der Waals surface area contributed by atoms with E-state index in [1.165, 1.54) is 6.07 Å². The molecule has 4 heteroatoms. The fraction of sp³-hybridized carbons (Fsp3) is 0.308. The molecule has 2 aromatic carbocycles. The molecule has 0 aliphatic rings. The minimum absolute atomic E-state index is 0.222. The molecular weight excluding hydrogens is 441 g/mol. The van der Waals surface area contributed by atoms with Gasteiger partial charge in [-0.25, -0.2) is 4.39 Å². The third-order valence-corrected chi connectivity index (χ3v) is 6.14. The summed E-state index contributed by atoms with van der Waals surface area (Å²) < 4.78 is 17.1. The van der Waals surface area contributed by atoms with E-state index in [0.29, 0.717) is 5.75 Å². The lowest BCUT2D eigenvalue weighted by atomic mass is 9.77. The third kappa shape index (κ3) is 3.41. The van der Waals surface area contributed by atoms with Gasteiger partial charge in [0.05, 0.1) is 11.0 Å². The van der Waals surface area contributed by atoms with Gasteiger partial charge in [0.2, 0.25) is 0 Å². The normalized spacial score (nSPS) is 12.8. The first-order valence-corrected chi connectivity index (χ1v) is 10.9. The minimum atomic E-state index is -0.259. The van der Waals surface area contributed by atoms with Crippen LogP contribution in [0.15, 0.2) is 53.1 Å². The van der Waals surface area contributed by atoms with E-state index < -0.39 is 0 Å². The second kappa shape index (κ2) is 6.84. The van der Waals surface area contributed by atoms with Gasteiger partial charge in [-0.05, 0) is 74.8 Å². The van der Waals surface area contributed by atoms with Gasteiger partial charge >= 0.3 is 0 Å². The Morgan fingerprint density at radius 3 is 2.00 bits per heavy atom. The summed E-state index contributed by atoms with van der Waals surface area (Å²) in [6, 6.07) is 13.2. The van der Waals surface area contributed by atoms with Gasteiger partial charge in [-0.3, -0.25) is 0 Å². The fourth-order valence-electron chi connectivity index (χ4n) is 4.16. The van der Waals surface area contributed by atoms with Gasteiger partial charge in [0.25, 0.3) is 0 Å². The summed E-state index contributed by atoms with van der Waals surface area (Å²) >= 11 is 3.54. The summed E-state index contributed by atoms with van der Waals surface area (Å²) in [5.41, 5.74) is 5.29. The zero-order valence-electron chi connectivity index (χ0n) is 18.3. The molecule has 0 atom stereocenters. The first kappa shape index (κ1) is 20.9. The second-order valence-electron chi connectivity index (χ2n) is 10.1. The Balaban J connectivity index is 2.17. The number of phenols is 1. The summed E-state index contributed by atoms with van der Waals surface area (Å²) in [5, 5.41) is 12.1. The molecule has 2 aromatic heterocycles. The van der Waals surface area contributed by atoms with Gasteiger partial charge in [0.15, 0.2) is 0 Å². The highest BCUT2D eigenvalue weighted by Gasteiger charge is 2.28. The molecule has 2 heterocycles. The molecule has 0 saturated heterocycles. The monoisotopic (exact) mass is 467 g/mol. The molecule has 0 aliphatic carbocycles. The molecule has 0 amide bonds. The number of aromatic hydroxyl groups is 1. The molecular formula is C26H27BrFNO. The smallest absolute Gasteiger partial charge is 0.125 e. The Kier molecular flexibility index (Phi) is 4.77. The number of phenolic OH excluding ortho intramolecular Hbond substituents is 1. The van der Waals surface area contributed by atoms with Crippen molar-refractivity contribution in [2.24, 2.45) is 0 Å². The van der Waals surface area contributed by atoms with Crippen LogP contribution in [0.3, 0.4) is 0 Å². The largest absolute Gasteiger partial charge is 0.507 e. The second-order valence-corrected chi connectivity index (χ2v) is 11.0. The van der Waals surface area contributed by atoms with Crippen molar-refractivity contribution in [1.29, 1.82) is 0 Å². The lowest BCUT2D eigenvalue weighted by molar-refractivity contribution is 0.423. The summed E-state index contributed by atoms with van der Waals surface area (Å²) in [7, 11) is 0. The predicted molar refractivity (Wildman–Crippen MR) is 127 cm³/mol. The Labute approximate surface area is 185 Å². The van der Waals surface area contributed by atoms with Crippen LogP contribution in [-0.4, -0.2) is 9.51 Å². The molecule has 4 aromatic rings. The van der Waals surface area contributed by atoms with Crippen LogP contribution in [0.1, 0.15) is 52.7 Å². The Bertz CT molecular complexity index is 1190. The van der Waals surface area contributed by atoms with Crippen LogP contribution in [0.4, 0.5) is 4.39 Å². The van der Waals surface area contributed by atoms with E-state index in [-0.39, 0.29) is 16.6 Å². The predicted octanol–water partition coefficient (Wildman–Crippen LogP) is 7.96. The lowest BCUT2D eigenvalue weighted by Crippen LogP contribution is -2.17. The summed E-state index contributed by atoms with van der Waals surface area (Å²) in [5.74, 6) is 0.102. The third-order valence-electron chi connectivity index (χ3n) is 5.67. The zero-order chi connectivity index (χ0) is 22.0. The zero-order valence-corrected chi connectivity index (χ0v) is 19.9. The molecule has 1 N–H and O–H groups in total. The average Bonchev–Trinajstić information content (AvgIpc) is 2.93. The van der Waals surface area contributed by atoms with Crippen molar-refractivity contribution in [3.63, 3.8) is 0 Å². The average molecular weight is 468 g/mol. The number of pyridine rings is 1. The number of benzene rings is 2. The molecule has 0 fully saturated rings. The highest BCUT2D eigenvalue weighted by Crippen LogP contribution is 2.45. The molecule has 0 aliphatic heterocycles. The van der Waals surface area contributed by atoms with E-state index in [1.54, 1.807) is 6.07 Å². The topological polar surface area (TPSA) is 24.6 Å². The molecule has 4 rings (SSSR count). The van der Waals surface area contributed by atoms with E-state index in [9.17, 15) is 9.50 Å². The van der Waals surface area contributed by atoms with Crippen LogP contribution in [0.25, 0.3) is 27.5 Å². The Morgan fingerprint density at radius 2 is 1.43 bits per heavy atom. The van der Waals surface area contributed by atoms with E-state index in [0.717, 1.165) is 43.1 Å². The summed E-state index contributed by atoms with van der Waals surface area (Å²) in [6.07, 6.45) is 1.97.